The number of rotatable bonds is 7. The molecule has 2 aliphatic rings. The number of likely N-dealkylation sites (tertiary alicyclic amines) is 1. The van der Waals surface area contributed by atoms with E-state index in [1.165, 1.54) is 0 Å². The molecular weight excluding hydrogens is 368 g/mol. The number of carbonyl (C=O) groups is 3. The van der Waals surface area contributed by atoms with Gasteiger partial charge in [-0.3, -0.25) is 19.3 Å². The van der Waals surface area contributed by atoms with Gasteiger partial charge in [0.1, 0.15) is 0 Å². The van der Waals surface area contributed by atoms with Crippen LogP contribution in [-0.4, -0.2) is 89.7 Å². The summed E-state index contributed by atoms with van der Waals surface area (Å²) >= 11 is 0. The molecule has 7 nitrogen and oxygen atoms in total. The normalized spacial score (nSPS) is 17.7. The van der Waals surface area contributed by atoms with E-state index >= 15 is 0 Å². The summed E-state index contributed by atoms with van der Waals surface area (Å²) in [6.07, 6.45) is 1.57. The van der Waals surface area contributed by atoms with Gasteiger partial charge in [0.2, 0.25) is 11.8 Å². The summed E-state index contributed by atoms with van der Waals surface area (Å²) < 4.78 is 0. The monoisotopic (exact) mass is 400 g/mol. The molecule has 29 heavy (non-hydrogen) atoms. The van der Waals surface area contributed by atoms with Crippen molar-refractivity contribution in [2.24, 2.45) is 0 Å². The van der Waals surface area contributed by atoms with E-state index in [1.807, 2.05) is 52.8 Å². The minimum atomic E-state index is 0.0310. The first kappa shape index (κ1) is 21.3. The van der Waals surface area contributed by atoms with Crippen molar-refractivity contribution in [3.8, 4) is 0 Å². The quantitative estimate of drug-likeness (QED) is 0.695. The van der Waals surface area contributed by atoms with Gasteiger partial charge < -0.3 is 14.7 Å². The number of piperazine rings is 1. The molecule has 0 radical (unpaired) electrons. The number of hydrogen-bond donors (Lipinski definition) is 0. The maximum atomic E-state index is 12.8. The van der Waals surface area contributed by atoms with Gasteiger partial charge in [-0.2, -0.15) is 0 Å². The zero-order valence-electron chi connectivity index (χ0n) is 17.6. The lowest BCUT2D eigenvalue weighted by molar-refractivity contribution is -0.132. The lowest BCUT2D eigenvalue weighted by Gasteiger charge is -2.35. The molecule has 2 heterocycles. The molecule has 0 aromatic heterocycles. The third kappa shape index (κ3) is 5.35. The minimum absolute atomic E-state index is 0.0310. The number of hydrogen-bond acceptors (Lipinski definition) is 4. The van der Waals surface area contributed by atoms with Crippen LogP contribution in [0.3, 0.4) is 0 Å². The lowest BCUT2D eigenvalue weighted by Crippen LogP contribution is -2.51. The molecule has 0 atom stereocenters. The number of likely N-dealkylation sites (N-methyl/N-ethyl adjacent to an activating group) is 1. The highest BCUT2D eigenvalue weighted by Crippen LogP contribution is 2.16. The van der Waals surface area contributed by atoms with Crippen molar-refractivity contribution < 1.29 is 14.4 Å². The van der Waals surface area contributed by atoms with Crippen molar-refractivity contribution in [3.05, 3.63) is 35.4 Å². The average Bonchev–Trinajstić information content (AvgIpc) is 3.14. The fraction of sp³-hybridized carbons (Fsp3) is 0.591. The predicted octanol–water partition coefficient (Wildman–Crippen LogP) is 1.44. The molecule has 3 amide bonds. The van der Waals surface area contributed by atoms with E-state index in [9.17, 15) is 14.4 Å². The average molecular weight is 401 g/mol. The Morgan fingerprint density at radius 1 is 0.966 bits per heavy atom. The van der Waals surface area contributed by atoms with Gasteiger partial charge in [-0.1, -0.05) is 12.1 Å². The highest BCUT2D eigenvalue weighted by molar-refractivity contribution is 5.94. The molecule has 158 valence electrons. The maximum Gasteiger partial charge on any atom is 0.253 e. The molecule has 2 aliphatic heterocycles. The molecule has 0 unspecified atom stereocenters. The van der Waals surface area contributed by atoms with E-state index in [4.69, 9.17) is 0 Å². The van der Waals surface area contributed by atoms with Crippen LogP contribution in [0.5, 0.6) is 0 Å². The smallest absolute Gasteiger partial charge is 0.253 e. The van der Waals surface area contributed by atoms with Crippen LogP contribution in [0.25, 0.3) is 0 Å². The van der Waals surface area contributed by atoms with Crippen LogP contribution in [0, 0.1) is 0 Å². The molecule has 0 bridgehead atoms. The van der Waals surface area contributed by atoms with Gasteiger partial charge in [0.15, 0.2) is 0 Å². The summed E-state index contributed by atoms with van der Waals surface area (Å²) in [5, 5.41) is 0. The number of benzene rings is 1. The minimum Gasteiger partial charge on any atom is -0.342 e. The Bertz CT molecular complexity index is 722. The van der Waals surface area contributed by atoms with Crippen molar-refractivity contribution in [2.45, 2.75) is 33.2 Å². The molecule has 1 aromatic carbocycles. The highest BCUT2D eigenvalue weighted by Gasteiger charge is 2.24. The van der Waals surface area contributed by atoms with Crippen LogP contribution in [0.2, 0.25) is 0 Å². The van der Waals surface area contributed by atoms with E-state index < -0.39 is 0 Å². The van der Waals surface area contributed by atoms with E-state index in [2.05, 4.69) is 4.90 Å². The van der Waals surface area contributed by atoms with Gasteiger partial charge in [0.25, 0.3) is 5.91 Å². The van der Waals surface area contributed by atoms with E-state index in [-0.39, 0.29) is 17.7 Å². The van der Waals surface area contributed by atoms with Crippen LogP contribution in [0.1, 0.15) is 42.6 Å². The van der Waals surface area contributed by atoms with Crippen LogP contribution in [0.15, 0.2) is 24.3 Å². The Hall–Kier alpha value is -2.41. The first-order valence-corrected chi connectivity index (χ1v) is 10.7. The Labute approximate surface area is 173 Å². The predicted molar refractivity (Wildman–Crippen MR) is 111 cm³/mol. The first-order valence-electron chi connectivity index (χ1n) is 10.7. The fourth-order valence-corrected chi connectivity index (χ4v) is 4.00. The second-order valence-electron chi connectivity index (χ2n) is 7.75. The SMILES string of the molecule is CCN(CC)C(=O)CN1CCN(C(=O)c2ccc(CN3CCCC3=O)cc2)CC1. The summed E-state index contributed by atoms with van der Waals surface area (Å²) in [5.74, 6) is 0.396. The highest BCUT2D eigenvalue weighted by atomic mass is 16.2. The second-order valence-corrected chi connectivity index (χ2v) is 7.75. The van der Waals surface area contributed by atoms with E-state index in [1.54, 1.807) is 0 Å². The molecule has 0 saturated carbocycles. The van der Waals surface area contributed by atoms with E-state index in [0.717, 1.165) is 31.6 Å². The van der Waals surface area contributed by atoms with Gasteiger partial charge in [0, 0.05) is 64.3 Å². The number of amides is 3. The van der Waals surface area contributed by atoms with Crippen LogP contribution >= 0.6 is 0 Å². The molecule has 2 saturated heterocycles. The zero-order valence-corrected chi connectivity index (χ0v) is 17.6. The summed E-state index contributed by atoms with van der Waals surface area (Å²) in [6, 6.07) is 7.60. The summed E-state index contributed by atoms with van der Waals surface area (Å²) in [7, 11) is 0. The van der Waals surface area contributed by atoms with Crippen molar-refractivity contribution in [2.75, 3.05) is 52.4 Å². The maximum absolute atomic E-state index is 12.8. The zero-order chi connectivity index (χ0) is 20.8. The fourth-order valence-electron chi connectivity index (χ4n) is 4.00. The Balaban J connectivity index is 1.49. The van der Waals surface area contributed by atoms with Crippen molar-refractivity contribution in [1.29, 1.82) is 0 Å². The van der Waals surface area contributed by atoms with Crippen LogP contribution in [-0.2, 0) is 16.1 Å². The molecule has 0 N–H and O–H groups in total. The molecule has 0 aliphatic carbocycles. The largest absolute Gasteiger partial charge is 0.342 e. The van der Waals surface area contributed by atoms with Gasteiger partial charge in [0.05, 0.1) is 6.54 Å². The lowest BCUT2D eigenvalue weighted by atomic mass is 10.1. The van der Waals surface area contributed by atoms with Crippen LogP contribution in [0.4, 0.5) is 0 Å². The Morgan fingerprint density at radius 3 is 2.17 bits per heavy atom. The van der Waals surface area contributed by atoms with Crippen molar-refractivity contribution in [3.63, 3.8) is 0 Å². The Kier molecular flexibility index (Phi) is 7.25. The van der Waals surface area contributed by atoms with Gasteiger partial charge >= 0.3 is 0 Å². The molecular formula is C22H32N4O3. The van der Waals surface area contributed by atoms with Crippen molar-refractivity contribution >= 4 is 17.7 Å². The molecule has 2 fully saturated rings. The third-order valence-electron chi connectivity index (χ3n) is 5.88. The summed E-state index contributed by atoms with van der Waals surface area (Å²) in [4.78, 5) is 44.5. The molecule has 7 heteroatoms. The topological polar surface area (TPSA) is 64.2 Å². The van der Waals surface area contributed by atoms with Gasteiger partial charge in [-0.15, -0.1) is 0 Å². The third-order valence-corrected chi connectivity index (χ3v) is 5.88. The summed E-state index contributed by atoms with van der Waals surface area (Å²) in [5.41, 5.74) is 1.73. The molecule has 0 spiro atoms. The van der Waals surface area contributed by atoms with Crippen molar-refractivity contribution in [1.82, 2.24) is 19.6 Å². The Morgan fingerprint density at radius 2 is 1.62 bits per heavy atom. The number of nitrogens with zero attached hydrogens (tertiary/aromatic N) is 4. The molecule has 1 aromatic rings. The van der Waals surface area contributed by atoms with Gasteiger partial charge in [-0.25, -0.2) is 0 Å². The molecule has 3 rings (SSSR count). The summed E-state index contributed by atoms with van der Waals surface area (Å²) in [6.45, 7) is 10.0. The first-order chi connectivity index (χ1) is 14.0. The number of carbonyl (C=O) groups excluding carboxylic acids is 3. The second kappa shape index (κ2) is 9.87. The standard InChI is InChI=1S/C22H32N4O3/c1-3-24(4-2)21(28)17-23-12-14-25(15-13-23)22(29)19-9-7-18(8-10-19)16-26-11-5-6-20(26)27/h7-10H,3-6,11-17H2,1-2H3. The van der Waals surface area contributed by atoms with Gasteiger partial charge in [-0.05, 0) is 38.0 Å². The van der Waals surface area contributed by atoms with E-state index in [0.29, 0.717) is 51.3 Å². The van der Waals surface area contributed by atoms with Crippen LogP contribution < -0.4 is 0 Å².